The number of nitrogens with zero attached hydrogens (tertiary/aromatic N) is 1. The van der Waals surface area contributed by atoms with Crippen molar-refractivity contribution in [1.82, 2.24) is 5.32 Å². The molecule has 2 heteroatoms. The number of hydrogen-bond acceptors (Lipinski definition) is 2. The highest BCUT2D eigenvalue weighted by Gasteiger charge is 2.05. The number of amidine groups is 1. The second kappa shape index (κ2) is 4.85. The summed E-state index contributed by atoms with van der Waals surface area (Å²) in [4.78, 5) is 4.41. The fourth-order valence-electron chi connectivity index (χ4n) is 1.35. The lowest BCUT2D eigenvalue weighted by Gasteiger charge is -2.15. The van der Waals surface area contributed by atoms with Gasteiger partial charge in [-0.05, 0) is 25.3 Å². The van der Waals surface area contributed by atoms with Gasteiger partial charge in [0.15, 0.2) is 0 Å². The molecule has 0 aromatic heterocycles. The lowest BCUT2D eigenvalue weighted by molar-refractivity contribution is 0.848. The summed E-state index contributed by atoms with van der Waals surface area (Å²) < 4.78 is 0. The fourth-order valence-corrected chi connectivity index (χ4v) is 1.35. The molecule has 13 heavy (non-hydrogen) atoms. The van der Waals surface area contributed by atoms with Gasteiger partial charge in [0, 0.05) is 12.2 Å². The van der Waals surface area contributed by atoms with E-state index in [1.165, 1.54) is 5.57 Å². The highest BCUT2D eigenvalue weighted by molar-refractivity contribution is 5.99. The van der Waals surface area contributed by atoms with Crippen LogP contribution in [0.25, 0.3) is 0 Å². The maximum absolute atomic E-state index is 4.41. The zero-order chi connectivity index (χ0) is 9.68. The molecule has 0 aromatic carbocycles. The Bertz CT molecular complexity index is 249. The van der Waals surface area contributed by atoms with E-state index in [9.17, 15) is 0 Å². The summed E-state index contributed by atoms with van der Waals surface area (Å²) in [5.41, 5.74) is 2.31. The molecule has 1 aliphatic rings. The van der Waals surface area contributed by atoms with Crippen LogP contribution in [-0.2, 0) is 0 Å². The van der Waals surface area contributed by atoms with Crippen molar-refractivity contribution in [3.63, 3.8) is 0 Å². The van der Waals surface area contributed by atoms with Crippen LogP contribution in [0.3, 0.4) is 0 Å². The van der Waals surface area contributed by atoms with Gasteiger partial charge in [0.2, 0.25) is 0 Å². The number of allylic oxidation sites excluding steroid dienone is 1. The van der Waals surface area contributed by atoms with E-state index in [0.29, 0.717) is 0 Å². The van der Waals surface area contributed by atoms with Crippen LogP contribution in [-0.4, -0.2) is 12.4 Å². The molecule has 0 fully saturated rings. The van der Waals surface area contributed by atoms with E-state index < -0.39 is 0 Å². The van der Waals surface area contributed by atoms with E-state index in [1.54, 1.807) is 0 Å². The smallest absolute Gasteiger partial charge is 0.127 e. The minimum Gasteiger partial charge on any atom is -0.344 e. The molecule has 0 bridgehead atoms. The molecule has 0 unspecified atom stereocenters. The van der Waals surface area contributed by atoms with E-state index >= 15 is 0 Å². The normalized spacial score (nSPS) is 16.2. The monoisotopic (exact) mass is 178 g/mol. The van der Waals surface area contributed by atoms with Crippen LogP contribution in [0, 0.1) is 0 Å². The Labute approximate surface area is 80.4 Å². The van der Waals surface area contributed by atoms with Crippen LogP contribution in [0.4, 0.5) is 0 Å². The molecular weight excluding hydrogens is 160 g/mol. The van der Waals surface area contributed by atoms with E-state index in [4.69, 9.17) is 0 Å². The van der Waals surface area contributed by atoms with Crippen molar-refractivity contribution in [2.24, 2.45) is 4.99 Å². The first-order valence-electron chi connectivity index (χ1n) is 4.90. The molecule has 0 saturated carbocycles. The maximum atomic E-state index is 4.41. The van der Waals surface area contributed by atoms with Crippen molar-refractivity contribution < 1.29 is 0 Å². The van der Waals surface area contributed by atoms with Crippen LogP contribution in [0.1, 0.15) is 33.1 Å². The Morgan fingerprint density at radius 2 is 2.46 bits per heavy atom. The van der Waals surface area contributed by atoms with Crippen molar-refractivity contribution >= 4 is 5.84 Å². The minimum absolute atomic E-state index is 0.902. The molecular formula is C11H18N2. The van der Waals surface area contributed by atoms with E-state index in [-0.39, 0.29) is 0 Å². The molecule has 0 aliphatic carbocycles. The quantitative estimate of drug-likeness (QED) is 0.706. The first kappa shape index (κ1) is 10.0. The van der Waals surface area contributed by atoms with E-state index in [1.807, 2.05) is 0 Å². The molecule has 0 spiro atoms. The standard InChI is InChI=1S/C11H18N2/c1-4-6-10(3)13-11-9(2)7-5-8-12-11/h7H,3-6,8H2,1-2H3,(H,12,13). The topological polar surface area (TPSA) is 24.4 Å². The molecule has 0 amide bonds. The fraction of sp³-hybridized carbons (Fsp3) is 0.545. The predicted molar refractivity (Wildman–Crippen MR) is 57.9 cm³/mol. The second-order valence-electron chi connectivity index (χ2n) is 3.38. The SMILES string of the molecule is C=C(CCC)NC1=NCCC=C1C. The van der Waals surface area contributed by atoms with Gasteiger partial charge in [-0.2, -0.15) is 0 Å². The molecule has 1 aliphatic heterocycles. The predicted octanol–water partition coefficient (Wildman–Crippen LogP) is 2.64. The summed E-state index contributed by atoms with van der Waals surface area (Å²) in [6.45, 7) is 9.09. The summed E-state index contributed by atoms with van der Waals surface area (Å²) in [5.74, 6) is 1.00. The van der Waals surface area contributed by atoms with E-state index in [2.05, 4.69) is 36.8 Å². The average Bonchev–Trinajstić information content (AvgIpc) is 2.09. The van der Waals surface area contributed by atoms with Crippen molar-refractivity contribution in [1.29, 1.82) is 0 Å². The molecule has 0 atom stereocenters. The third-order valence-corrected chi connectivity index (χ3v) is 2.07. The largest absolute Gasteiger partial charge is 0.344 e. The Balaban J connectivity index is 2.48. The van der Waals surface area contributed by atoms with Crippen molar-refractivity contribution in [3.05, 3.63) is 23.9 Å². The maximum Gasteiger partial charge on any atom is 0.127 e. The first-order chi connectivity index (χ1) is 6.24. The van der Waals surface area contributed by atoms with Gasteiger partial charge in [-0.15, -0.1) is 0 Å². The molecule has 0 aromatic rings. The molecule has 0 saturated heterocycles. The van der Waals surface area contributed by atoms with E-state index in [0.717, 1.165) is 37.3 Å². The van der Waals surface area contributed by atoms with Gasteiger partial charge in [0.05, 0.1) is 0 Å². The van der Waals surface area contributed by atoms with Gasteiger partial charge in [0.25, 0.3) is 0 Å². The summed E-state index contributed by atoms with van der Waals surface area (Å²) in [7, 11) is 0. The Kier molecular flexibility index (Phi) is 3.74. The van der Waals surface area contributed by atoms with Crippen LogP contribution >= 0.6 is 0 Å². The van der Waals surface area contributed by atoms with Crippen LogP contribution < -0.4 is 5.32 Å². The summed E-state index contributed by atoms with van der Waals surface area (Å²) in [5, 5.41) is 3.26. The van der Waals surface area contributed by atoms with Crippen molar-refractivity contribution in [2.45, 2.75) is 33.1 Å². The Hall–Kier alpha value is -1.05. The van der Waals surface area contributed by atoms with Crippen LogP contribution in [0.2, 0.25) is 0 Å². The molecule has 1 rings (SSSR count). The molecule has 1 heterocycles. The summed E-state index contributed by atoms with van der Waals surface area (Å²) in [6, 6.07) is 0. The lowest BCUT2D eigenvalue weighted by Crippen LogP contribution is -2.25. The molecule has 0 radical (unpaired) electrons. The van der Waals surface area contributed by atoms with Crippen LogP contribution in [0.5, 0.6) is 0 Å². The van der Waals surface area contributed by atoms with Crippen molar-refractivity contribution in [2.75, 3.05) is 6.54 Å². The zero-order valence-electron chi connectivity index (χ0n) is 8.56. The summed E-state index contributed by atoms with van der Waals surface area (Å²) >= 11 is 0. The van der Waals surface area contributed by atoms with Crippen LogP contribution in [0.15, 0.2) is 28.9 Å². The number of dihydropyridines is 1. The molecule has 72 valence electrons. The Morgan fingerprint density at radius 3 is 3.08 bits per heavy atom. The van der Waals surface area contributed by atoms with Gasteiger partial charge < -0.3 is 5.32 Å². The minimum atomic E-state index is 0.902. The summed E-state index contributed by atoms with van der Waals surface area (Å²) in [6.07, 6.45) is 5.43. The Morgan fingerprint density at radius 1 is 1.69 bits per heavy atom. The van der Waals surface area contributed by atoms with Gasteiger partial charge in [-0.3, -0.25) is 4.99 Å². The third-order valence-electron chi connectivity index (χ3n) is 2.07. The number of rotatable bonds is 3. The first-order valence-corrected chi connectivity index (χ1v) is 4.90. The molecule has 1 N–H and O–H groups in total. The van der Waals surface area contributed by atoms with Gasteiger partial charge >= 0.3 is 0 Å². The zero-order valence-corrected chi connectivity index (χ0v) is 8.56. The van der Waals surface area contributed by atoms with Gasteiger partial charge in [-0.25, -0.2) is 0 Å². The second-order valence-corrected chi connectivity index (χ2v) is 3.38. The van der Waals surface area contributed by atoms with Gasteiger partial charge in [0.1, 0.15) is 5.84 Å². The molecule has 2 nitrogen and oxygen atoms in total. The number of hydrogen-bond donors (Lipinski definition) is 1. The number of aliphatic imine (C=N–C) groups is 1. The van der Waals surface area contributed by atoms with Gasteiger partial charge in [-0.1, -0.05) is 26.0 Å². The lowest BCUT2D eigenvalue weighted by atomic mass is 10.1. The number of nitrogens with one attached hydrogen (secondary N) is 1. The highest BCUT2D eigenvalue weighted by atomic mass is 15.0. The van der Waals surface area contributed by atoms with Crippen molar-refractivity contribution in [3.8, 4) is 0 Å². The average molecular weight is 178 g/mol. The highest BCUT2D eigenvalue weighted by Crippen LogP contribution is 2.07. The third kappa shape index (κ3) is 3.05.